The van der Waals surface area contributed by atoms with Gasteiger partial charge in [-0.3, -0.25) is 0 Å². The second-order valence-corrected chi connectivity index (χ2v) is 7.10. The first-order valence-corrected chi connectivity index (χ1v) is 10.2. The lowest BCUT2D eigenvalue weighted by Gasteiger charge is -2.08. The van der Waals surface area contributed by atoms with Gasteiger partial charge in [0.15, 0.2) is 0 Å². The minimum atomic E-state index is -0.299. The number of benzene rings is 2. The zero-order valence-electron chi connectivity index (χ0n) is 17.2. The fourth-order valence-electron chi connectivity index (χ4n) is 2.87. The average molecular weight is 392 g/mol. The first-order valence-electron chi connectivity index (χ1n) is 10.2. The topological polar surface area (TPSA) is 59.3 Å². The summed E-state index contributed by atoms with van der Waals surface area (Å²) < 4.78 is 10.9. The van der Waals surface area contributed by atoms with Crippen LogP contribution in [0.4, 0.5) is 0 Å². The van der Waals surface area contributed by atoms with Gasteiger partial charge in [0.1, 0.15) is 5.75 Å². The van der Waals surface area contributed by atoms with Crippen molar-refractivity contribution < 1.29 is 14.3 Å². The molecule has 0 heterocycles. The highest BCUT2D eigenvalue weighted by Gasteiger charge is 2.02. The molecule has 0 aliphatic heterocycles. The van der Waals surface area contributed by atoms with Gasteiger partial charge in [-0.15, -0.1) is 0 Å². The summed E-state index contributed by atoms with van der Waals surface area (Å²) in [4.78, 5) is 11.2. The van der Waals surface area contributed by atoms with Gasteiger partial charge in [0.05, 0.1) is 24.8 Å². The molecule has 2 aromatic rings. The van der Waals surface area contributed by atoms with Gasteiger partial charge in [-0.2, -0.15) is 5.26 Å². The van der Waals surface area contributed by atoms with Gasteiger partial charge in [0, 0.05) is 5.57 Å². The van der Waals surface area contributed by atoms with Gasteiger partial charge in [-0.1, -0.05) is 56.5 Å². The van der Waals surface area contributed by atoms with Crippen LogP contribution in [0.1, 0.15) is 51.0 Å². The summed E-state index contributed by atoms with van der Waals surface area (Å²) in [6, 6.07) is 17.8. The van der Waals surface area contributed by atoms with Crippen LogP contribution in [0.5, 0.6) is 5.75 Å². The maximum Gasteiger partial charge on any atom is 0.333 e. The van der Waals surface area contributed by atoms with Crippen LogP contribution >= 0.6 is 0 Å². The van der Waals surface area contributed by atoms with E-state index in [1.165, 1.54) is 0 Å². The molecule has 152 valence electrons. The van der Waals surface area contributed by atoms with E-state index in [9.17, 15) is 4.79 Å². The molecule has 0 N–H and O–H groups in total. The van der Waals surface area contributed by atoms with Crippen molar-refractivity contribution in [3.05, 3.63) is 66.2 Å². The van der Waals surface area contributed by atoms with E-state index in [4.69, 9.17) is 14.7 Å². The Kier molecular flexibility index (Phi) is 9.51. The molecule has 0 atom stereocenters. The van der Waals surface area contributed by atoms with Crippen LogP contribution in [0.15, 0.2) is 60.7 Å². The lowest BCUT2D eigenvalue weighted by molar-refractivity contribution is -0.139. The largest absolute Gasteiger partial charge is 0.494 e. The average Bonchev–Trinajstić information content (AvgIpc) is 2.75. The van der Waals surface area contributed by atoms with Crippen LogP contribution in [0, 0.1) is 11.3 Å². The third kappa shape index (κ3) is 8.23. The van der Waals surface area contributed by atoms with Crippen molar-refractivity contribution in [3.63, 3.8) is 0 Å². The van der Waals surface area contributed by atoms with Gasteiger partial charge in [-0.05, 0) is 55.2 Å². The first-order chi connectivity index (χ1) is 14.1. The number of nitriles is 1. The zero-order valence-corrected chi connectivity index (χ0v) is 17.2. The van der Waals surface area contributed by atoms with E-state index < -0.39 is 0 Å². The molecule has 0 aromatic heterocycles. The molecule has 0 amide bonds. The van der Waals surface area contributed by atoms with Gasteiger partial charge in [-0.25, -0.2) is 4.79 Å². The van der Waals surface area contributed by atoms with E-state index in [-0.39, 0.29) is 5.97 Å². The maximum absolute atomic E-state index is 11.2. The van der Waals surface area contributed by atoms with E-state index in [0.717, 1.165) is 55.4 Å². The van der Waals surface area contributed by atoms with E-state index in [1.807, 2.05) is 48.5 Å². The molecule has 0 unspecified atom stereocenters. The highest BCUT2D eigenvalue weighted by molar-refractivity contribution is 5.86. The Bertz CT molecular complexity index is 817. The standard InChI is InChI=1S/C25H29NO3/c1-20(2)25(27)29-18-8-6-4-3-5-7-17-28-24-15-13-23(14-16-24)22-11-9-21(19-26)10-12-22/h9-16H,1,3-8,17-18H2,2H3. The molecule has 0 radical (unpaired) electrons. The van der Waals surface area contributed by atoms with Gasteiger partial charge >= 0.3 is 5.97 Å². The van der Waals surface area contributed by atoms with Crippen molar-refractivity contribution in [1.29, 1.82) is 5.26 Å². The minimum Gasteiger partial charge on any atom is -0.494 e. The smallest absolute Gasteiger partial charge is 0.333 e. The van der Waals surface area contributed by atoms with Gasteiger partial charge in [0.25, 0.3) is 0 Å². The van der Waals surface area contributed by atoms with Gasteiger partial charge in [0.2, 0.25) is 0 Å². The van der Waals surface area contributed by atoms with Crippen LogP contribution in [0.2, 0.25) is 0 Å². The second-order valence-electron chi connectivity index (χ2n) is 7.10. The summed E-state index contributed by atoms with van der Waals surface area (Å²) in [5, 5.41) is 8.87. The summed E-state index contributed by atoms with van der Waals surface area (Å²) in [6.07, 6.45) is 6.44. The number of carbonyl (C=O) groups excluding carboxylic acids is 1. The Morgan fingerprint density at radius 3 is 1.93 bits per heavy atom. The lowest BCUT2D eigenvalue weighted by Crippen LogP contribution is -2.06. The van der Waals surface area contributed by atoms with Crippen molar-refractivity contribution in [2.24, 2.45) is 0 Å². The molecular weight excluding hydrogens is 362 g/mol. The predicted molar refractivity (Wildman–Crippen MR) is 116 cm³/mol. The number of ether oxygens (including phenoxy) is 2. The van der Waals surface area contributed by atoms with Crippen molar-refractivity contribution in [2.75, 3.05) is 13.2 Å². The van der Waals surface area contributed by atoms with Crippen LogP contribution in [0.3, 0.4) is 0 Å². The molecular formula is C25H29NO3. The monoisotopic (exact) mass is 391 g/mol. The Morgan fingerprint density at radius 1 is 0.862 bits per heavy atom. The molecule has 2 aromatic carbocycles. The number of carbonyl (C=O) groups is 1. The molecule has 4 heteroatoms. The van der Waals surface area contributed by atoms with Crippen LogP contribution in [-0.4, -0.2) is 19.2 Å². The SMILES string of the molecule is C=C(C)C(=O)OCCCCCCCCOc1ccc(-c2ccc(C#N)cc2)cc1. The molecule has 0 saturated heterocycles. The number of hydrogen-bond donors (Lipinski definition) is 0. The molecule has 0 fully saturated rings. The van der Waals surface area contributed by atoms with Crippen molar-refractivity contribution >= 4 is 5.97 Å². The highest BCUT2D eigenvalue weighted by Crippen LogP contribution is 2.23. The minimum absolute atomic E-state index is 0.299. The summed E-state index contributed by atoms with van der Waals surface area (Å²) in [7, 11) is 0. The van der Waals surface area contributed by atoms with Crippen molar-refractivity contribution in [2.45, 2.75) is 45.4 Å². The normalized spacial score (nSPS) is 10.2. The zero-order chi connectivity index (χ0) is 20.9. The highest BCUT2D eigenvalue weighted by atomic mass is 16.5. The number of rotatable bonds is 12. The van der Waals surface area contributed by atoms with E-state index in [0.29, 0.717) is 24.4 Å². The van der Waals surface area contributed by atoms with Crippen molar-refractivity contribution in [1.82, 2.24) is 0 Å². The molecule has 29 heavy (non-hydrogen) atoms. The summed E-state index contributed by atoms with van der Waals surface area (Å²) in [5.41, 5.74) is 3.31. The van der Waals surface area contributed by atoms with Crippen LogP contribution in [0.25, 0.3) is 11.1 Å². The fraction of sp³-hybridized carbons (Fsp3) is 0.360. The third-order valence-electron chi connectivity index (χ3n) is 4.59. The Labute approximate surface area is 173 Å². The van der Waals surface area contributed by atoms with E-state index in [2.05, 4.69) is 12.6 Å². The molecule has 0 bridgehead atoms. The number of unbranched alkanes of at least 4 members (excludes halogenated alkanes) is 5. The number of esters is 1. The molecule has 0 spiro atoms. The number of nitrogens with zero attached hydrogens (tertiary/aromatic N) is 1. The second kappa shape index (κ2) is 12.4. The molecule has 0 saturated carbocycles. The molecule has 2 rings (SSSR count). The van der Waals surface area contributed by atoms with Crippen LogP contribution < -0.4 is 4.74 Å². The number of hydrogen-bond acceptors (Lipinski definition) is 4. The van der Waals surface area contributed by atoms with E-state index >= 15 is 0 Å². The molecule has 0 aliphatic rings. The third-order valence-corrected chi connectivity index (χ3v) is 4.59. The quantitative estimate of drug-likeness (QED) is 0.250. The Morgan fingerprint density at radius 2 is 1.38 bits per heavy atom. The van der Waals surface area contributed by atoms with Crippen LogP contribution in [-0.2, 0) is 9.53 Å². The Hall–Kier alpha value is -3.06. The van der Waals surface area contributed by atoms with E-state index in [1.54, 1.807) is 6.92 Å². The Balaban J connectivity index is 1.55. The van der Waals surface area contributed by atoms with Gasteiger partial charge < -0.3 is 9.47 Å². The first kappa shape index (κ1) is 22.2. The molecule has 0 aliphatic carbocycles. The lowest BCUT2D eigenvalue weighted by atomic mass is 10.0. The summed E-state index contributed by atoms with van der Waals surface area (Å²) in [6.45, 7) is 6.42. The fourth-order valence-corrected chi connectivity index (χ4v) is 2.87. The maximum atomic E-state index is 11.2. The van der Waals surface area contributed by atoms with Crippen molar-refractivity contribution in [3.8, 4) is 22.9 Å². The predicted octanol–water partition coefficient (Wildman–Crippen LogP) is 6.06. The summed E-state index contributed by atoms with van der Waals surface area (Å²) in [5.74, 6) is 0.578. The summed E-state index contributed by atoms with van der Waals surface area (Å²) >= 11 is 0. The molecule has 4 nitrogen and oxygen atoms in total.